The summed E-state index contributed by atoms with van der Waals surface area (Å²) in [5.41, 5.74) is 0. The third-order valence-electron chi connectivity index (χ3n) is 0.217. The summed E-state index contributed by atoms with van der Waals surface area (Å²) in [4.78, 5) is 9.46. The molecule has 0 aliphatic heterocycles. The Morgan fingerprint density at radius 3 is 2.33 bits per heavy atom. The molecule has 0 fully saturated rings. The summed E-state index contributed by atoms with van der Waals surface area (Å²) in [6.07, 6.45) is 0.948. The first-order valence-corrected chi connectivity index (χ1v) is 1.82. The molecule has 0 aliphatic carbocycles. The number of hydrogen-bond donors (Lipinski definition) is 2. The second kappa shape index (κ2) is 2.78. The molecule has 0 aromatic carbocycles. The number of rotatable bonds is 1. The largest absolute Gasteiger partial charge is 0.478 e. The third kappa shape index (κ3) is 3.56. The van der Waals surface area contributed by atoms with Crippen LogP contribution in [0.25, 0.3) is 0 Å². The molecule has 3 heteroatoms. The molecular weight excluding hydrogens is 100 g/mol. The Balaban J connectivity index is 3.30. The van der Waals surface area contributed by atoms with E-state index in [-0.39, 0.29) is 0 Å². The predicted octanol–water partition coefficient (Wildman–Crippen LogP) is 0.514. The lowest BCUT2D eigenvalue weighted by molar-refractivity contribution is -0.131. The van der Waals surface area contributed by atoms with Crippen LogP contribution in [0.3, 0.4) is 0 Å². The molecule has 0 radical (unpaired) electrons. The van der Waals surface area contributed by atoms with Gasteiger partial charge in [-0.3, -0.25) is 0 Å². The van der Waals surface area contributed by atoms with E-state index in [2.05, 4.69) is 12.6 Å². The van der Waals surface area contributed by atoms with E-state index in [0.717, 1.165) is 6.08 Å². The van der Waals surface area contributed by atoms with Crippen LogP contribution in [-0.4, -0.2) is 11.1 Å². The van der Waals surface area contributed by atoms with Crippen LogP contribution in [0.2, 0.25) is 0 Å². The normalized spacial score (nSPS) is 9.50. The maximum Gasteiger partial charge on any atom is 0.328 e. The zero-order valence-electron chi connectivity index (χ0n) is 2.96. The molecule has 0 saturated heterocycles. The monoisotopic (exact) mass is 104 g/mol. The molecule has 0 rings (SSSR count). The standard InChI is InChI=1S/C3H4O2S/c4-3(5)1-2-6/h1-2,6H,(H,4,5). The van der Waals surface area contributed by atoms with E-state index >= 15 is 0 Å². The van der Waals surface area contributed by atoms with Crippen LogP contribution in [0.1, 0.15) is 0 Å². The van der Waals surface area contributed by atoms with Gasteiger partial charge in [0.2, 0.25) is 0 Å². The van der Waals surface area contributed by atoms with Crippen molar-refractivity contribution in [2.75, 3.05) is 0 Å². The van der Waals surface area contributed by atoms with Crippen LogP contribution in [0.4, 0.5) is 0 Å². The van der Waals surface area contributed by atoms with Gasteiger partial charge in [0.05, 0.1) is 0 Å². The lowest BCUT2D eigenvalue weighted by atomic mass is 10.7. The Morgan fingerprint density at radius 1 is 1.83 bits per heavy atom. The van der Waals surface area contributed by atoms with Crippen molar-refractivity contribution in [1.82, 2.24) is 0 Å². The second-order valence-electron chi connectivity index (χ2n) is 0.654. The second-order valence-corrected chi connectivity index (χ2v) is 0.952. The average molecular weight is 104 g/mol. The molecular formula is C3H4O2S. The minimum atomic E-state index is -0.968. The van der Waals surface area contributed by atoms with E-state index in [1.54, 1.807) is 0 Å². The first-order valence-electron chi connectivity index (χ1n) is 1.31. The summed E-state index contributed by atoms with van der Waals surface area (Å²) in [5, 5.41) is 8.95. The highest BCUT2D eigenvalue weighted by Gasteiger charge is 1.77. The first kappa shape index (κ1) is 5.56. The summed E-state index contributed by atoms with van der Waals surface area (Å²) in [5.74, 6) is -0.968. The van der Waals surface area contributed by atoms with Crippen LogP contribution in [0.5, 0.6) is 0 Å². The van der Waals surface area contributed by atoms with E-state index in [1.165, 1.54) is 5.41 Å². The summed E-state index contributed by atoms with van der Waals surface area (Å²) >= 11 is 3.50. The van der Waals surface area contributed by atoms with E-state index in [4.69, 9.17) is 5.11 Å². The molecule has 0 aromatic heterocycles. The van der Waals surface area contributed by atoms with E-state index in [1.807, 2.05) is 0 Å². The van der Waals surface area contributed by atoms with Crippen molar-refractivity contribution in [2.24, 2.45) is 0 Å². The highest BCUT2D eigenvalue weighted by molar-refractivity contribution is 7.83. The SMILES string of the molecule is O=C(O)C=CS. The van der Waals surface area contributed by atoms with E-state index in [9.17, 15) is 4.79 Å². The van der Waals surface area contributed by atoms with Gasteiger partial charge in [0.1, 0.15) is 0 Å². The minimum Gasteiger partial charge on any atom is -0.478 e. The van der Waals surface area contributed by atoms with Gasteiger partial charge in [-0.25, -0.2) is 4.79 Å². The lowest BCUT2D eigenvalue weighted by Crippen LogP contribution is -1.83. The molecule has 2 nitrogen and oxygen atoms in total. The van der Waals surface area contributed by atoms with Crippen molar-refractivity contribution in [1.29, 1.82) is 0 Å². The zero-order valence-corrected chi connectivity index (χ0v) is 3.85. The summed E-state index contributed by atoms with van der Waals surface area (Å²) in [6, 6.07) is 0. The molecule has 0 amide bonds. The van der Waals surface area contributed by atoms with Gasteiger partial charge in [-0.05, 0) is 5.41 Å². The van der Waals surface area contributed by atoms with Crippen LogP contribution in [0, 0.1) is 0 Å². The molecule has 0 spiro atoms. The van der Waals surface area contributed by atoms with Gasteiger partial charge >= 0.3 is 5.97 Å². The molecule has 1 N–H and O–H groups in total. The maximum atomic E-state index is 9.46. The van der Waals surface area contributed by atoms with Gasteiger partial charge in [0.25, 0.3) is 0 Å². The molecule has 0 aromatic rings. The average Bonchev–Trinajstić information content (AvgIpc) is 1.35. The van der Waals surface area contributed by atoms with Crippen LogP contribution in [0.15, 0.2) is 11.5 Å². The highest BCUT2D eigenvalue weighted by atomic mass is 32.1. The predicted molar refractivity (Wildman–Crippen MR) is 25.8 cm³/mol. The van der Waals surface area contributed by atoms with E-state index < -0.39 is 5.97 Å². The summed E-state index contributed by atoms with van der Waals surface area (Å²) in [7, 11) is 0. The number of thiol groups is 1. The maximum absolute atomic E-state index is 9.46. The first-order chi connectivity index (χ1) is 2.77. The Labute approximate surface area is 40.9 Å². The molecule has 0 unspecified atom stereocenters. The van der Waals surface area contributed by atoms with Crippen molar-refractivity contribution in [3.63, 3.8) is 0 Å². The smallest absolute Gasteiger partial charge is 0.328 e. The van der Waals surface area contributed by atoms with Gasteiger partial charge in [0, 0.05) is 6.08 Å². The van der Waals surface area contributed by atoms with Gasteiger partial charge in [0.15, 0.2) is 0 Å². The fourth-order valence-electron chi connectivity index (χ4n) is 0.0638. The Morgan fingerprint density at radius 2 is 2.33 bits per heavy atom. The third-order valence-corrected chi connectivity index (χ3v) is 0.366. The quantitative estimate of drug-likeness (QED) is 0.376. The number of carbonyl (C=O) groups is 1. The highest BCUT2D eigenvalue weighted by Crippen LogP contribution is 1.73. The van der Waals surface area contributed by atoms with Crippen LogP contribution in [-0.2, 0) is 4.79 Å². The van der Waals surface area contributed by atoms with Crippen LogP contribution >= 0.6 is 12.6 Å². The summed E-state index contributed by atoms with van der Waals surface area (Å²) in [6.45, 7) is 0. The van der Waals surface area contributed by atoms with Gasteiger partial charge in [-0.15, -0.1) is 0 Å². The van der Waals surface area contributed by atoms with Crippen molar-refractivity contribution < 1.29 is 9.90 Å². The summed E-state index contributed by atoms with van der Waals surface area (Å²) < 4.78 is 0. The molecule has 0 heterocycles. The Kier molecular flexibility index (Phi) is 2.58. The fraction of sp³-hybridized carbons (Fsp3) is 0. The van der Waals surface area contributed by atoms with Crippen molar-refractivity contribution in [3.05, 3.63) is 11.5 Å². The van der Waals surface area contributed by atoms with Gasteiger partial charge in [-0.2, -0.15) is 12.6 Å². The fourth-order valence-corrected chi connectivity index (χ4v) is 0.191. The molecule has 0 bridgehead atoms. The Bertz CT molecular complexity index is 76.9. The number of carboxylic acids is 1. The number of aliphatic carboxylic acids is 1. The molecule has 0 aliphatic rings. The zero-order chi connectivity index (χ0) is 4.99. The minimum absolute atomic E-state index is 0.948. The van der Waals surface area contributed by atoms with Crippen molar-refractivity contribution in [3.8, 4) is 0 Å². The molecule has 0 atom stereocenters. The Hall–Kier alpha value is -0.440. The molecule has 34 valence electrons. The van der Waals surface area contributed by atoms with E-state index in [0.29, 0.717) is 0 Å². The molecule has 0 saturated carbocycles. The topological polar surface area (TPSA) is 37.3 Å². The lowest BCUT2D eigenvalue weighted by Gasteiger charge is -1.68. The molecule has 6 heavy (non-hydrogen) atoms. The number of carboxylic acid groups (broad SMARTS) is 1. The number of hydrogen-bond acceptors (Lipinski definition) is 2. The van der Waals surface area contributed by atoms with Crippen molar-refractivity contribution >= 4 is 18.6 Å². The van der Waals surface area contributed by atoms with Gasteiger partial charge in [-0.1, -0.05) is 0 Å². The van der Waals surface area contributed by atoms with Gasteiger partial charge < -0.3 is 5.11 Å². The van der Waals surface area contributed by atoms with Crippen molar-refractivity contribution in [2.45, 2.75) is 0 Å². The van der Waals surface area contributed by atoms with Crippen LogP contribution < -0.4 is 0 Å².